The topological polar surface area (TPSA) is 139 Å². The smallest absolute Gasteiger partial charge is 0.273 e. The van der Waals surface area contributed by atoms with Crippen LogP contribution in [-0.2, 0) is 26.2 Å². The summed E-state index contributed by atoms with van der Waals surface area (Å²) in [4.78, 5) is 39.5. The number of carbonyl (C=O) groups excluding carboxylic acids is 2. The van der Waals surface area contributed by atoms with Gasteiger partial charge in [-0.15, -0.1) is 0 Å². The van der Waals surface area contributed by atoms with E-state index in [0.29, 0.717) is 17.9 Å². The van der Waals surface area contributed by atoms with Crippen molar-refractivity contribution >= 4 is 56.4 Å². The maximum Gasteiger partial charge on any atom is 0.273 e. The zero-order valence-corrected chi connectivity index (χ0v) is 27.9. The summed E-state index contributed by atoms with van der Waals surface area (Å²) in [6.07, 6.45) is 0.206. The normalized spacial score (nSPS) is 12.0. The van der Waals surface area contributed by atoms with Crippen LogP contribution in [-0.4, -0.2) is 56.3 Å². The lowest BCUT2D eigenvalue weighted by molar-refractivity contribution is -0.385. The average molecular weight is 680 g/mol. The highest BCUT2D eigenvalue weighted by Crippen LogP contribution is 2.31. The molecule has 3 aromatic rings. The number of nitrogens with one attached hydrogen (secondary N) is 1. The van der Waals surface area contributed by atoms with Crippen LogP contribution in [0.2, 0.25) is 10.0 Å². The highest BCUT2D eigenvalue weighted by molar-refractivity contribution is 7.92. The number of methoxy groups -OCH3 is 1. The fourth-order valence-electron chi connectivity index (χ4n) is 4.55. The van der Waals surface area contributed by atoms with Gasteiger partial charge in [-0.1, -0.05) is 56.1 Å². The van der Waals surface area contributed by atoms with Crippen LogP contribution in [0.5, 0.6) is 5.75 Å². The van der Waals surface area contributed by atoms with E-state index >= 15 is 0 Å². The Morgan fingerprint density at radius 1 is 1.04 bits per heavy atom. The third kappa shape index (κ3) is 8.65. The zero-order valence-electron chi connectivity index (χ0n) is 25.6. The predicted octanol–water partition coefficient (Wildman–Crippen LogP) is 5.99. The number of carbonyl (C=O) groups is 2. The van der Waals surface area contributed by atoms with Gasteiger partial charge in [-0.25, -0.2) is 8.42 Å². The molecule has 14 heteroatoms. The molecule has 3 aromatic carbocycles. The lowest BCUT2D eigenvalue weighted by Crippen LogP contribution is -2.52. The number of nitrogens with zero attached hydrogens (tertiary/aromatic N) is 3. The third-order valence-corrected chi connectivity index (χ3v) is 9.54. The number of sulfonamides is 1. The maximum absolute atomic E-state index is 14.2. The minimum atomic E-state index is -4.55. The molecule has 1 N–H and O–H groups in total. The molecule has 3 rings (SSSR count). The lowest BCUT2D eigenvalue weighted by Gasteiger charge is -2.33. The molecule has 0 spiro atoms. The molecule has 0 aliphatic carbocycles. The lowest BCUT2D eigenvalue weighted by atomic mass is 10.1. The van der Waals surface area contributed by atoms with E-state index in [9.17, 15) is 28.1 Å². The zero-order chi connectivity index (χ0) is 33.5. The molecule has 0 fully saturated rings. The van der Waals surface area contributed by atoms with E-state index in [4.69, 9.17) is 27.9 Å². The molecule has 1 unspecified atom stereocenters. The van der Waals surface area contributed by atoms with Gasteiger partial charge in [0.1, 0.15) is 18.3 Å². The van der Waals surface area contributed by atoms with Gasteiger partial charge in [0.2, 0.25) is 11.8 Å². The van der Waals surface area contributed by atoms with Crippen molar-refractivity contribution in [3.8, 4) is 5.75 Å². The van der Waals surface area contributed by atoms with E-state index in [1.165, 1.54) is 55.3 Å². The first-order valence-electron chi connectivity index (χ1n) is 14.1. The number of anilines is 1. The Hall–Kier alpha value is -3.87. The Labute approximate surface area is 273 Å². The molecular formula is C31H36Cl2N4O7S. The summed E-state index contributed by atoms with van der Waals surface area (Å²) in [6.45, 7) is 6.53. The summed E-state index contributed by atoms with van der Waals surface area (Å²) in [5.41, 5.74) is 0.365. The molecule has 0 saturated carbocycles. The SMILES string of the molecule is CCC(C(=O)NCC(C)C)N(Cc1c(Cl)cccc1Cl)C(=O)CN(c1ccc(OC)cc1)S(=O)(=O)c1ccc(C)c([N+](=O)[O-])c1. The standard InChI is InChI=1S/C31H36Cl2N4O7S/c1-6-28(31(39)34-17-20(2)3)35(18-25-26(32)8-7-9-27(25)33)30(38)19-36(22-11-13-23(44-5)14-12-22)45(42,43)24-15-10-21(4)29(16-24)37(40)41/h7-16,20,28H,6,17-19H2,1-5H3,(H,34,39). The fourth-order valence-corrected chi connectivity index (χ4v) is 6.50. The first kappa shape index (κ1) is 35.6. The van der Waals surface area contributed by atoms with Crippen LogP contribution in [0.25, 0.3) is 0 Å². The number of ether oxygens (including phenoxy) is 1. The van der Waals surface area contributed by atoms with Gasteiger partial charge in [0.05, 0.1) is 22.6 Å². The van der Waals surface area contributed by atoms with E-state index in [2.05, 4.69) is 5.32 Å². The van der Waals surface area contributed by atoms with Crippen molar-refractivity contribution < 1.29 is 27.7 Å². The van der Waals surface area contributed by atoms with E-state index in [1.807, 2.05) is 13.8 Å². The second kappa shape index (κ2) is 15.4. The first-order chi connectivity index (χ1) is 21.2. The quantitative estimate of drug-likeness (QED) is 0.163. The number of nitro groups is 1. The van der Waals surface area contributed by atoms with Crippen molar-refractivity contribution in [2.75, 3.05) is 24.5 Å². The fraction of sp³-hybridized carbons (Fsp3) is 0.355. The van der Waals surface area contributed by atoms with E-state index in [-0.39, 0.29) is 50.8 Å². The molecule has 1 atom stereocenters. The molecular weight excluding hydrogens is 643 g/mol. The molecule has 45 heavy (non-hydrogen) atoms. The first-order valence-corrected chi connectivity index (χ1v) is 16.3. The van der Waals surface area contributed by atoms with Crippen LogP contribution in [0, 0.1) is 23.0 Å². The maximum atomic E-state index is 14.2. The van der Waals surface area contributed by atoms with Crippen LogP contribution < -0.4 is 14.4 Å². The molecule has 0 heterocycles. The van der Waals surface area contributed by atoms with Crippen molar-refractivity contribution in [3.63, 3.8) is 0 Å². The highest BCUT2D eigenvalue weighted by atomic mass is 35.5. The van der Waals surface area contributed by atoms with Gasteiger partial charge in [0, 0.05) is 40.3 Å². The largest absolute Gasteiger partial charge is 0.497 e. The number of benzene rings is 3. The predicted molar refractivity (Wildman–Crippen MR) is 174 cm³/mol. The minimum Gasteiger partial charge on any atom is -0.497 e. The minimum absolute atomic E-state index is 0.0976. The number of rotatable bonds is 14. The van der Waals surface area contributed by atoms with Crippen molar-refractivity contribution in [1.82, 2.24) is 10.2 Å². The molecule has 2 amide bonds. The summed E-state index contributed by atoms with van der Waals surface area (Å²) < 4.78 is 34.3. The van der Waals surface area contributed by atoms with Crippen LogP contribution >= 0.6 is 23.2 Å². The molecule has 0 bridgehead atoms. The van der Waals surface area contributed by atoms with Gasteiger partial charge in [0.25, 0.3) is 15.7 Å². The molecule has 0 radical (unpaired) electrons. The van der Waals surface area contributed by atoms with Crippen LogP contribution in [0.3, 0.4) is 0 Å². The Kier molecular flexibility index (Phi) is 12.2. The van der Waals surface area contributed by atoms with Gasteiger partial charge in [-0.3, -0.25) is 24.0 Å². The molecule has 0 aliphatic rings. The summed E-state index contributed by atoms with van der Waals surface area (Å²) in [7, 11) is -3.10. The monoisotopic (exact) mass is 678 g/mol. The summed E-state index contributed by atoms with van der Waals surface area (Å²) >= 11 is 12.9. The molecule has 242 valence electrons. The number of amides is 2. The second-order valence-electron chi connectivity index (χ2n) is 10.7. The summed E-state index contributed by atoms with van der Waals surface area (Å²) in [6, 6.07) is 13.3. The van der Waals surface area contributed by atoms with Gasteiger partial charge in [0.15, 0.2) is 0 Å². The Morgan fingerprint density at radius 2 is 1.67 bits per heavy atom. The summed E-state index contributed by atoms with van der Waals surface area (Å²) in [5, 5.41) is 15.0. The Morgan fingerprint density at radius 3 is 2.20 bits per heavy atom. The van der Waals surface area contributed by atoms with Crippen molar-refractivity contribution in [2.24, 2.45) is 5.92 Å². The van der Waals surface area contributed by atoms with Crippen LogP contribution in [0.1, 0.15) is 38.3 Å². The van der Waals surface area contributed by atoms with E-state index < -0.39 is 39.3 Å². The van der Waals surface area contributed by atoms with Gasteiger partial charge in [-0.2, -0.15) is 0 Å². The van der Waals surface area contributed by atoms with Crippen molar-refractivity contribution in [2.45, 2.75) is 51.6 Å². The third-order valence-electron chi connectivity index (χ3n) is 7.07. The number of nitro benzene ring substituents is 1. The van der Waals surface area contributed by atoms with Crippen LogP contribution in [0.15, 0.2) is 65.6 Å². The molecule has 0 saturated heterocycles. The van der Waals surface area contributed by atoms with Crippen LogP contribution in [0.4, 0.5) is 11.4 Å². The van der Waals surface area contributed by atoms with Gasteiger partial charge < -0.3 is 15.0 Å². The van der Waals surface area contributed by atoms with Gasteiger partial charge in [-0.05, 0) is 61.7 Å². The van der Waals surface area contributed by atoms with Crippen molar-refractivity contribution in [3.05, 3.63) is 92.0 Å². The van der Waals surface area contributed by atoms with E-state index in [1.54, 1.807) is 25.1 Å². The molecule has 11 nitrogen and oxygen atoms in total. The molecule has 0 aromatic heterocycles. The number of aryl methyl sites for hydroxylation is 1. The number of hydrogen-bond acceptors (Lipinski definition) is 7. The second-order valence-corrected chi connectivity index (χ2v) is 13.4. The number of hydrogen-bond donors (Lipinski definition) is 1. The highest BCUT2D eigenvalue weighted by Gasteiger charge is 2.35. The van der Waals surface area contributed by atoms with E-state index in [0.717, 1.165) is 10.4 Å². The Bertz CT molecular complexity index is 1630. The average Bonchev–Trinajstić information content (AvgIpc) is 2.99. The number of halogens is 2. The Balaban J connectivity index is 2.15. The summed E-state index contributed by atoms with van der Waals surface area (Å²) in [5.74, 6) is -0.562. The van der Waals surface area contributed by atoms with Gasteiger partial charge >= 0.3 is 0 Å². The molecule has 0 aliphatic heterocycles. The van der Waals surface area contributed by atoms with Crippen molar-refractivity contribution in [1.29, 1.82) is 0 Å².